The molecule has 0 spiro atoms. The number of aromatic nitrogens is 1. The van der Waals surface area contributed by atoms with Crippen molar-refractivity contribution in [3.8, 4) is 0 Å². The summed E-state index contributed by atoms with van der Waals surface area (Å²) in [5.41, 5.74) is 1.25. The molecule has 1 N–H and O–H groups in total. The number of ether oxygens (including phenoxy) is 1. The highest BCUT2D eigenvalue weighted by atomic mass is 32.1. The first-order valence-corrected chi connectivity index (χ1v) is 8.48. The minimum Gasteiger partial charge on any atom is -0.447 e. The van der Waals surface area contributed by atoms with Crippen molar-refractivity contribution in [2.45, 2.75) is 26.2 Å². The topological polar surface area (TPSA) is 71.5 Å². The minimum absolute atomic E-state index is 0.0841. The van der Waals surface area contributed by atoms with Gasteiger partial charge in [-0.2, -0.15) is 0 Å². The molecule has 2 aromatic rings. The third-order valence-corrected chi connectivity index (χ3v) is 4.97. The Morgan fingerprint density at radius 3 is 2.79 bits per heavy atom. The first kappa shape index (κ1) is 16.4. The summed E-state index contributed by atoms with van der Waals surface area (Å²) >= 11 is 1.39. The Balaban J connectivity index is 1.75. The van der Waals surface area contributed by atoms with Crippen LogP contribution in [0.3, 0.4) is 0 Å². The number of anilines is 2. The zero-order valence-electron chi connectivity index (χ0n) is 13.8. The lowest BCUT2D eigenvalue weighted by Crippen LogP contribution is -2.23. The van der Waals surface area contributed by atoms with Crippen LogP contribution in [0.5, 0.6) is 0 Å². The molecule has 2 heterocycles. The van der Waals surface area contributed by atoms with Gasteiger partial charge in [0, 0.05) is 16.8 Å². The van der Waals surface area contributed by atoms with Crippen LogP contribution in [0, 0.1) is 0 Å². The summed E-state index contributed by atoms with van der Waals surface area (Å²) in [5.74, 6) is -0.204. The van der Waals surface area contributed by atoms with Gasteiger partial charge in [0.25, 0.3) is 5.91 Å². The molecule has 1 aliphatic rings. The van der Waals surface area contributed by atoms with Crippen LogP contribution in [0.1, 0.15) is 35.5 Å². The second-order valence-corrected chi connectivity index (χ2v) is 7.58. The predicted octanol–water partition coefficient (Wildman–Crippen LogP) is 3.65. The molecule has 3 rings (SSSR count). The van der Waals surface area contributed by atoms with Crippen LogP contribution in [0.2, 0.25) is 0 Å². The molecule has 24 heavy (non-hydrogen) atoms. The summed E-state index contributed by atoms with van der Waals surface area (Å²) in [7, 11) is 0. The number of rotatable bonds is 3. The number of nitrogens with one attached hydrogen (secondary N) is 1. The maximum Gasteiger partial charge on any atom is 0.414 e. The second kappa shape index (κ2) is 6.24. The normalized spacial score (nSPS) is 14.6. The Bertz CT molecular complexity index is 779. The van der Waals surface area contributed by atoms with Gasteiger partial charge in [-0.15, -0.1) is 11.3 Å². The van der Waals surface area contributed by atoms with E-state index < -0.39 is 0 Å². The summed E-state index contributed by atoms with van der Waals surface area (Å²) in [5, 5.41) is 3.77. The maximum atomic E-state index is 12.4. The fourth-order valence-electron chi connectivity index (χ4n) is 2.30. The monoisotopic (exact) mass is 345 g/mol. The number of carbonyl (C=O) groups excluding carboxylic acids is 2. The van der Waals surface area contributed by atoms with Crippen LogP contribution < -0.4 is 10.2 Å². The lowest BCUT2D eigenvalue weighted by atomic mass is 9.98. The molecule has 0 saturated carbocycles. The minimum atomic E-state index is -0.365. The fourth-order valence-corrected chi connectivity index (χ4v) is 3.17. The van der Waals surface area contributed by atoms with Crippen LogP contribution in [0.25, 0.3) is 0 Å². The van der Waals surface area contributed by atoms with Gasteiger partial charge in [-0.25, -0.2) is 9.78 Å². The van der Waals surface area contributed by atoms with E-state index >= 15 is 0 Å². The molecule has 0 aliphatic carbocycles. The van der Waals surface area contributed by atoms with E-state index in [0.717, 1.165) is 5.01 Å². The zero-order chi connectivity index (χ0) is 17.3. The largest absolute Gasteiger partial charge is 0.447 e. The molecular formula is C17H19N3O3S. The summed E-state index contributed by atoms with van der Waals surface area (Å²) in [4.78, 5) is 30.5. The first-order valence-electron chi connectivity index (χ1n) is 7.66. The lowest BCUT2D eigenvalue weighted by molar-refractivity contribution is 0.103. The molecule has 1 aliphatic heterocycles. The Labute approximate surface area is 144 Å². The predicted molar refractivity (Wildman–Crippen MR) is 93.9 cm³/mol. The van der Waals surface area contributed by atoms with Gasteiger partial charge in [0.2, 0.25) is 0 Å². The van der Waals surface area contributed by atoms with E-state index in [4.69, 9.17) is 4.74 Å². The molecule has 2 amide bonds. The van der Waals surface area contributed by atoms with Gasteiger partial charge >= 0.3 is 6.09 Å². The van der Waals surface area contributed by atoms with E-state index in [2.05, 4.69) is 31.1 Å². The second-order valence-electron chi connectivity index (χ2n) is 6.55. The standard InChI is InChI=1S/C17H19N3O3S/c1-17(2,3)15-18-10-13(24-15)14(21)19-11-5-4-6-12(9-11)20-7-8-23-16(20)22/h4-6,9-10H,7-8H2,1-3H3,(H,19,21). The molecule has 7 heteroatoms. The van der Waals surface area contributed by atoms with E-state index in [9.17, 15) is 9.59 Å². The van der Waals surface area contributed by atoms with Crippen LogP contribution >= 0.6 is 11.3 Å². The van der Waals surface area contributed by atoms with Gasteiger partial charge in [-0.1, -0.05) is 26.8 Å². The van der Waals surface area contributed by atoms with E-state index in [-0.39, 0.29) is 17.4 Å². The molecule has 0 bridgehead atoms. The van der Waals surface area contributed by atoms with E-state index in [1.165, 1.54) is 11.3 Å². The third kappa shape index (κ3) is 3.41. The number of amides is 2. The summed E-state index contributed by atoms with van der Waals surface area (Å²) in [6, 6.07) is 7.15. The van der Waals surface area contributed by atoms with Crippen molar-refractivity contribution in [2.24, 2.45) is 0 Å². The number of hydrogen-bond donors (Lipinski definition) is 1. The number of carbonyl (C=O) groups is 2. The van der Waals surface area contributed by atoms with Gasteiger partial charge in [-0.3, -0.25) is 9.69 Å². The van der Waals surface area contributed by atoms with Gasteiger partial charge in [0.15, 0.2) is 0 Å². The average Bonchev–Trinajstić information content (AvgIpc) is 3.15. The highest BCUT2D eigenvalue weighted by Gasteiger charge is 2.24. The number of benzene rings is 1. The summed E-state index contributed by atoms with van der Waals surface area (Å²) in [6.07, 6.45) is 1.23. The van der Waals surface area contributed by atoms with Gasteiger partial charge in [-0.05, 0) is 18.2 Å². The molecule has 0 unspecified atom stereocenters. The van der Waals surface area contributed by atoms with Crippen LogP contribution in [-0.4, -0.2) is 30.1 Å². The van der Waals surface area contributed by atoms with E-state index in [1.54, 1.807) is 29.3 Å². The SMILES string of the molecule is CC(C)(C)c1ncc(C(=O)Nc2cccc(N3CCOC3=O)c2)s1. The molecule has 0 radical (unpaired) electrons. The molecule has 126 valence electrons. The fraction of sp³-hybridized carbons (Fsp3) is 0.353. The van der Waals surface area contributed by atoms with Crippen molar-refractivity contribution in [3.63, 3.8) is 0 Å². The van der Waals surface area contributed by atoms with Crippen LogP contribution in [-0.2, 0) is 10.2 Å². The molecule has 1 fully saturated rings. The maximum absolute atomic E-state index is 12.4. The van der Waals surface area contributed by atoms with E-state index in [1.807, 2.05) is 6.07 Å². The first-order chi connectivity index (χ1) is 11.3. The third-order valence-electron chi connectivity index (χ3n) is 3.55. The molecule has 1 aromatic heterocycles. The Morgan fingerprint density at radius 2 is 2.17 bits per heavy atom. The van der Waals surface area contributed by atoms with Crippen molar-refractivity contribution in [1.82, 2.24) is 4.98 Å². The molecule has 1 saturated heterocycles. The average molecular weight is 345 g/mol. The summed E-state index contributed by atoms with van der Waals surface area (Å²) < 4.78 is 4.94. The van der Waals surface area contributed by atoms with Crippen molar-refractivity contribution in [2.75, 3.05) is 23.4 Å². The quantitative estimate of drug-likeness (QED) is 0.922. The Hall–Kier alpha value is -2.41. The number of hydrogen-bond acceptors (Lipinski definition) is 5. The van der Waals surface area contributed by atoms with Gasteiger partial charge < -0.3 is 10.1 Å². The number of thiazole rings is 1. The van der Waals surface area contributed by atoms with Crippen LogP contribution in [0.4, 0.5) is 16.2 Å². The lowest BCUT2D eigenvalue weighted by Gasteiger charge is -2.14. The number of nitrogens with zero attached hydrogens (tertiary/aromatic N) is 2. The zero-order valence-corrected chi connectivity index (χ0v) is 14.6. The molecule has 0 atom stereocenters. The van der Waals surface area contributed by atoms with Crippen molar-refractivity contribution in [1.29, 1.82) is 0 Å². The van der Waals surface area contributed by atoms with Crippen molar-refractivity contribution < 1.29 is 14.3 Å². The number of cyclic esters (lactones) is 1. The highest BCUT2D eigenvalue weighted by molar-refractivity contribution is 7.13. The van der Waals surface area contributed by atoms with Gasteiger partial charge in [0.05, 0.1) is 17.7 Å². The van der Waals surface area contributed by atoms with Crippen LogP contribution in [0.15, 0.2) is 30.5 Å². The van der Waals surface area contributed by atoms with Gasteiger partial charge in [0.1, 0.15) is 11.5 Å². The van der Waals surface area contributed by atoms with Crippen molar-refractivity contribution >= 4 is 34.7 Å². The smallest absolute Gasteiger partial charge is 0.414 e. The molecule has 6 nitrogen and oxygen atoms in total. The highest BCUT2D eigenvalue weighted by Crippen LogP contribution is 2.28. The Morgan fingerprint density at radius 1 is 1.38 bits per heavy atom. The van der Waals surface area contributed by atoms with Crippen molar-refractivity contribution in [3.05, 3.63) is 40.3 Å². The molecular weight excluding hydrogens is 326 g/mol. The Kier molecular flexibility index (Phi) is 4.28. The van der Waals surface area contributed by atoms with E-state index in [0.29, 0.717) is 29.4 Å². The summed E-state index contributed by atoms with van der Waals surface area (Å²) in [6.45, 7) is 7.08. The molecule has 1 aromatic carbocycles.